The number of hydrogen-bond acceptors (Lipinski definition) is 4. The highest BCUT2D eigenvalue weighted by Crippen LogP contribution is 2.31. The number of rotatable bonds is 5. The Morgan fingerprint density at radius 3 is 2.48 bits per heavy atom. The van der Waals surface area contributed by atoms with E-state index in [4.69, 9.17) is 16.3 Å². The standard InChI is InChI=1S/C14H21ClN2O3S/c1-17(2)21(18,19)13-6-4-3-5-12(13)16-14(11-15)7-9-20-10-8-14/h3-6,16H,7-11H2,1-2H3. The molecule has 1 aliphatic rings. The van der Waals surface area contributed by atoms with Gasteiger partial charge in [0.15, 0.2) is 0 Å². The minimum atomic E-state index is -3.50. The second-order valence-electron chi connectivity index (χ2n) is 5.43. The Morgan fingerprint density at radius 1 is 1.29 bits per heavy atom. The van der Waals surface area contributed by atoms with Gasteiger partial charge in [0.1, 0.15) is 4.90 Å². The SMILES string of the molecule is CN(C)S(=O)(=O)c1ccccc1NC1(CCl)CCOCC1. The third kappa shape index (κ3) is 3.51. The average Bonchev–Trinajstić information content (AvgIpc) is 2.48. The van der Waals surface area contributed by atoms with E-state index in [1.807, 2.05) is 6.07 Å². The largest absolute Gasteiger partial charge is 0.381 e. The van der Waals surface area contributed by atoms with Crippen molar-refractivity contribution in [3.05, 3.63) is 24.3 Å². The van der Waals surface area contributed by atoms with Crippen LogP contribution >= 0.6 is 11.6 Å². The second kappa shape index (κ2) is 6.52. The Labute approximate surface area is 131 Å². The Bertz CT molecular complexity index is 584. The highest BCUT2D eigenvalue weighted by molar-refractivity contribution is 7.89. The number of anilines is 1. The molecule has 21 heavy (non-hydrogen) atoms. The first-order chi connectivity index (χ1) is 9.91. The van der Waals surface area contributed by atoms with Gasteiger partial charge < -0.3 is 10.1 Å². The van der Waals surface area contributed by atoms with Crippen molar-refractivity contribution < 1.29 is 13.2 Å². The Morgan fingerprint density at radius 2 is 1.90 bits per heavy atom. The van der Waals surface area contributed by atoms with Gasteiger partial charge in [0.25, 0.3) is 0 Å². The summed E-state index contributed by atoms with van der Waals surface area (Å²) in [6.45, 7) is 1.25. The van der Waals surface area contributed by atoms with Crippen LogP contribution in [0.15, 0.2) is 29.2 Å². The van der Waals surface area contributed by atoms with Crippen molar-refractivity contribution in [2.45, 2.75) is 23.3 Å². The number of nitrogens with zero attached hydrogens (tertiary/aromatic N) is 1. The lowest BCUT2D eigenvalue weighted by Gasteiger charge is -2.37. The summed E-state index contributed by atoms with van der Waals surface area (Å²) in [4.78, 5) is 0.269. The molecular formula is C14H21ClN2O3S. The predicted molar refractivity (Wildman–Crippen MR) is 84.4 cm³/mol. The molecule has 1 N–H and O–H groups in total. The molecular weight excluding hydrogens is 312 g/mol. The Hall–Kier alpha value is -0.820. The number of para-hydroxylation sites is 1. The van der Waals surface area contributed by atoms with Crippen LogP contribution in [0.4, 0.5) is 5.69 Å². The first kappa shape index (κ1) is 16.5. The first-order valence-electron chi connectivity index (χ1n) is 6.85. The number of alkyl halides is 1. The molecule has 0 radical (unpaired) electrons. The molecule has 1 aromatic rings. The molecule has 0 spiro atoms. The smallest absolute Gasteiger partial charge is 0.244 e. The van der Waals surface area contributed by atoms with Crippen LogP contribution in [0, 0.1) is 0 Å². The predicted octanol–water partition coefficient (Wildman–Crippen LogP) is 2.14. The molecule has 1 heterocycles. The van der Waals surface area contributed by atoms with E-state index in [9.17, 15) is 8.42 Å². The van der Waals surface area contributed by atoms with Crippen LogP contribution in [0.5, 0.6) is 0 Å². The molecule has 0 unspecified atom stereocenters. The van der Waals surface area contributed by atoms with Crippen molar-refractivity contribution in [1.29, 1.82) is 0 Å². The molecule has 2 rings (SSSR count). The van der Waals surface area contributed by atoms with Gasteiger partial charge in [-0.05, 0) is 25.0 Å². The van der Waals surface area contributed by atoms with Crippen LogP contribution in [-0.4, -0.2) is 51.5 Å². The summed E-state index contributed by atoms with van der Waals surface area (Å²) in [7, 11) is -0.445. The van der Waals surface area contributed by atoms with Crippen molar-refractivity contribution in [2.75, 3.05) is 38.5 Å². The maximum Gasteiger partial charge on any atom is 0.244 e. The molecule has 0 aromatic heterocycles. The fourth-order valence-corrected chi connectivity index (χ4v) is 3.71. The molecule has 0 amide bonds. The van der Waals surface area contributed by atoms with E-state index >= 15 is 0 Å². The second-order valence-corrected chi connectivity index (χ2v) is 7.82. The number of halogens is 1. The van der Waals surface area contributed by atoms with E-state index in [0.717, 1.165) is 12.8 Å². The van der Waals surface area contributed by atoms with Crippen LogP contribution in [0.1, 0.15) is 12.8 Å². The summed E-state index contributed by atoms with van der Waals surface area (Å²) in [5.74, 6) is 0.409. The highest BCUT2D eigenvalue weighted by atomic mass is 35.5. The number of benzene rings is 1. The zero-order valence-electron chi connectivity index (χ0n) is 12.3. The van der Waals surface area contributed by atoms with E-state index in [2.05, 4.69) is 5.32 Å². The lowest BCUT2D eigenvalue weighted by atomic mass is 9.92. The van der Waals surface area contributed by atoms with Gasteiger partial charge >= 0.3 is 0 Å². The number of sulfonamides is 1. The number of ether oxygens (including phenoxy) is 1. The van der Waals surface area contributed by atoms with Gasteiger partial charge in [-0.3, -0.25) is 0 Å². The summed E-state index contributed by atoms with van der Waals surface area (Å²) in [6.07, 6.45) is 1.51. The average molecular weight is 333 g/mol. The van der Waals surface area contributed by atoms with Crippen LogP contribution in [0.3, 0.4) is 0 Å². The van der Waals surface area contributed by atoms with Gasteiger partial charge in [0, 0.05) is 33.2 Å². The van der Waals surface area contributed by atoms with Crippen molar-refractivity contribution in [3.8, 4) is 0 Å². The summed E-state index contributed by atoms with van der Waals surface area (Å²) >= 11 is 6.14. The van der Waals surface area contributed by atoms with Crippen molar-refractivity contribution in [2.24, 2.45) is 0 Å². The third-order valence-corrected chi connectivity index (χ3v) is 6.14. The minimum Gasteiger partial charge on any atom is -0.381 e. The molecule has 0 atom stereocenters. The van der Waals surface area contributed by atoms with Crippen molar-refractivity contribution in [3.63, 3.8) is 0 Å². The molecule has 1 saturated heterocycles. The van der Waals surface area contributed by atoms with E-state index in [0.29, 0.717) is 24.8 Å². The topological polar surface area (TPSA) is 58.6 Å². The lowest BCUT2D eigenvalue weighted by molar-refractivity contribution is 0.0667. The van der Waals surface area contributed by atoms with Gasteiger partial charge in [0.05, 0.1) is 11.2 Å². The molecule has 0 aliphatic carbocycles. The highest BCUT2D eigenvalue weighted by Gasteiger charge is 2.33. The van der Waals surface area contributed by atoms with E-state index in [1.54, 1.807) is 18.2 Å². The van der Waals surface area contributed by atoms with E-state index in [1.165, 1.54) is 18.4 Å². The lowest BCUT2D eigenvalue weighted by Crippen LogP contribution is -2.45. The molecule has 1 fully saturated rings. The quantitative estimate of drug-likeness (QED) is 0.839. The van der Waals surface area contributed by atoms with Crippen molar-refractivity contribution in [1.82, 2.24) is 4.31 Å². The Kier molecular flexibility index (Phi) is 5.14. The minimum absolute atomic E-state index is 0.269. The molecule has 7 heteroatoms. The van der Waals surface area contributed by atoms with Crippen LogP contribution in [0.2, 0.25) is 0 Å². The fraction of sp³-hybridized carbons (Fsp3) is 0.571. The Balaban J connectivity index is 2.37. The maximum atomic E-state index is 12.4. The third-order valence-electron chi connectivity index (χ3n) is 3.75. The molecule has 5 nitrogen and oxygen atoms in total. The van der Waals surface area contributed by atoms with Crippen LogP contribution < -0.4 is 5.32 Å². The summed E-state index contributed by atoms with van der Waals surface area (Å²) in [5, 5.41) is 3.36. The van der Waals surface area contributed by atoms with Gasteiger partial charge in [-0.15, -0.1) is 11.6 Å². The number of nitrogens with one attached hydrogen (secondary N) is 1. The summed E-state index contributed by atoms with van der Waals surface area (Å²) in [5.41, 5.74) is 0.270. The molecule has 118 valence electrons. The molecule has 1 aromatic carbocycles. The van der Waals surface area contributed by atoms with E-state index in [-0.39, 0.29) is 10.4 Å². The van der Waals surface area contributed by atoms with Gasteiger partial charge in [-0.1, -0.05) is 12.1 Å². The van der Waals surface area contributed by atoms with Gasteiger partial charge in [-0.2, -0.15) is 0 Å². The summed E-state index contributed by atoms with van der Waals surface area (Å²) < 4.78 is 31.4. The van der Waals surface area contributed by atoms with Gasteiger partial charge in [0.2, 0.25) is 10.0 Å². The zero-order valence-corrected chi connectivity index (χ0v) is 13.9. The summed E-state index contributed by atoms with van der Waals surface area (Å²) in [6, 6.07) is 6.93. The fourth-order valence-electron chi connectivity index (χ4n) is 2.33. The monoisotopic (exact) mass is 332 g/mol. The maximum absolute atomic E-state index is 12.4. The number of hydrogen-bond donors (Lipinski definition) is 1. The zero-order chi connectivity index (χ0) is 15.5. The van der Waals surface area contributed by atoms with Crippen molar-refractivity contribution >= 4 is 27.3 Å². The molecule has 0 saturated carbocycles. The first-order valence-corrected chi connectivity index (χ1v) is 8.82. The molecule has 1 aliphatic heterocycles. The normalized spacial score (nSPS) is 18.7. The van der Waals surface area contributed by atoms with Crippen LogP contribution in [-0.2, 0) is 14.8 Å². The van der Waals surface area contributed by atoms with Gasteiger partial charge in [-0.25, -0.2) is 12.7 Å². The van der Waals surface area contributed by atoms with Crippen LogP contribution in [0.25, 0.3) is 0 Å². The van der Waals surface area contributed by atoms with E-state index < -0.39 is 10.0 Å². The molecule has 0 bridgehead atoms.